The summed E-state index contributed by atoms with van der Waals surface area (Å²) in [5.74, 6) is 1.47. The summed E-state index contributed by atoms with van der Waals surface area (Å²) in [6, 6.07) is 5.75. The predicted octanol–water partition coefficient (Wildman–Crippen LogP) is 4.00. The molecule has 6 nitrogen and oxygen atoms in total. The Morgan fingerprint density at radius 2 is 2.03 bits per heavy atom. The van der Waals surface area contributed by atoms with Gasteiger partial charge >= 0.3 is 0 Å². The largest absolute Gasteiger partial charge is 0.493 e. The summed E-state index contributed by atoms with van der Waals surface area (Å²) < 4.78 is 11.2. The topological polar surface area (TPSA) is 54.9 Å². The van der Waals surface area contributed by atoms with E-state index >= 15 is 0 Å². The van der Waals surface area contributed by atoms with Crippen molar-refractivity contribution < 1.29 is 14.3 Å². The van der Waals surface area contributed by atoms with Crippen LogP contribution >= 0.6 is 11.3 Å². The van der Waals surface area contributed by atoms with Gasteiger partial charge in [0, 0.05) is 44.2 Å². The first-order valence-electron chi connectivity index (χ1n) is 10.5. The van der Waals surface area contributed by atoms with Gasteiger partial charge < -0.3 is 14.4 Å². The molecule has 1 aromatic carbocycles. The number of ether oxygens (including phenoxy) is 2. The van der Waals surface area contributed by atoms with Crippen LogP contribution in [0.15, 0.2) is 29.7 Å². The number of benzene rings is 1. The van der Waals surface area contributed by atoms with Crippen molar-refractivity contribution in [3.63, 3.8) is 0 Å². The van der Waals surface area contributed by atoms with Crippen LogP contribution in [0, 0.1) is 6.92 Å². The van der Waals surface area contributed by atoms with E-state index in [1.54, 1.807) is 24.5 Å². The fraction of sp³-hybridized carbons (Fsp3) is 0.478. The summed E-state index contributed by atoms with van der Waals surface area (Å²) in [5.41, 5.74) is 2.04. The van der Waals surface area contributed by atoms with Crippen LogP contribution in [0.25, 0.3) is 6.08 Å². The van der Waals surface area contributed by atoms with Gasteiger partial charge in [-0.05, 0) is 37.1 Å². The van der Waals surface area contributed by atoms with Crippen LogP contribution in [-0.4, -0.2) is 60.6 Å². The second-order valence-corrected chi connectivity index (χ2v) is 8.47. The number of hydrogen-bond acceptors (Lipinski definition) is 6. The molecular formula is C23H31N3O3S. The zero-order valence-corrected chi connectivity index (χ0v) is 18.9. The molecule has 1 aliphatic heterocycles. The Bertz CT molecular complexity index is 857. The van der Waals surface area contributed by atoms with E-state index in [4.69, 9.17) is 9.47 Å². The summed E-state index contributed by atoms with van der Waals surface area (Å²) >= 11 is 1.68. The summed E-state index contributed by atoms with van der Waals surface area (Å²) in [6.45, 7) is 8.90. The zero-order valence-electron chi connectivity index (χ0n) is 18.1. The van der Waals surface area contributed by atoms with E-state index in [-0.39, 0.29) is 5.91 Å². The number of amides is 1. The number of aryl methyl sites for hydroxylation is 1. The molecule has 0 spiro atoms. The lowest BCUT2D eigenvalue weighted by Crippen LogP contribution is -2.47. The molecule has 0 saturated carbocycles. The Kier molecular flexibility index (Phi) is 8.28. The molecule has 1 saturated heterocycles. The molecule has 2 heterocycles. The van der Waals surface area contributed by atoms with Gasteiger partial charge in [0.25, 0.3) is 0 Å². The standard InChI is InChI=1S/C23H31N3O3S/c1-4-5-14-29-21-8-6-19(15-22(21)28-3)7-9-23(27)26-12-10-25(11-13-26)16-20-17-30-18(2)24-20/h6-9,15,17H,4-5,10-14,16H2,1-3H3/b9-7+. The van der Waals surface area contributed by atoms with Crippen LogP contribution in [-0.2, 0) is 11.3 Å². The first kappa shape index (κ1) is 22.3. The van der Waals surface area contributed by atoms with Gasteiger partial charge in [-0.1, -0.05) is 19.4 Å². The van der Waals surface area contributed by atoms with Gasteiger partial charge in [0.15, 0.2) is 11.5 Å². The molecule has 0 atom stereocenters. The number of methoxy groups -OCH3 is 1. The van der Waals surface area contributed by atoms with Crippen LogP contribution in [0.1, 0.15) is 36.0 Å². The van der Waals surface area contributed by atoms with Gasteiger partial charge in [-0.15, -0.1) is 11.3 Å². The van der Waals surface area contributed by atoms with Crippen molar-refractivity contribution in [1.82, 2.24) is 14.8 Å². The van der Waals surface area contributed by atoms with Crippen molar-refractivity contribution in [2.24, 2.45) is 0 Å². The molecule has 0 bridgehead atoms. The monoisotopic (exact) mass is 429 g/mol. The van der Waals surface area contributed by atoms with E-state index in [1.165, 1.54) is 0 Å². The van der Waals surface area contributed by atoms with Gasteiger partial charge in [0.1, 0.15) is 0 Å². The number of aromatic nitrogens is 1. The van der Waals surface area contributed by atoms with Crippen molar-refractivity contribution in [3.8, 4) is 11.5 Å². The van der Waals surface area contributed by atoms with Crippen molar-refractivity contribution in [2.75, 3.05) is 39.9 Å². The van der Waals surface area contributed by atoms with Crippen molar-refractivity contribution >= 4 is 23.3 Å². The molecule has 0 radical (unpaired) electrons. The highest BCUT2D eigenvalue weighted by Crippen LogP contribution is 2.28. The van der Waals surface area contributed by atoms with Crippen LogP contribution in [0.2, 0.25) is 0 Å². The Morgan fingerprint density at radius 3 is 2.70 bits per heavy atom. The first-order valence-corrected chi connectivity index (χ1v) is 11.4. The molecule has 162 valence electrons. The van der Waals surface area contributed by atoms with E-state index in [2.05, 4.69) is 22.2 Å². The molecule has 1 aliphatic rings. The summed E-state index contributed by atoms with van der Waals surface area (Å²) in [4.78, 5) is 21.4. The molecule has 0 N–H and O–H groups in total. The van der Waals surface area contributed by atoms with Crippen LogP contribution < -0.4 is 9.47 Å². The lowest BCUT2D eigenvalue weighted by Gasteiger charge is -2.33. The summed E-state index contributed by atoms with van der Waals surface area (Å²) in [7, 11) is 1.63. The third-order valence-electron chi connectivity index (χ3n) is 5.10. The quantitative estimate of drug-likeness (QED) is 0.446. The smallest absolute Gasteiger partial charge is 0.246 e. The fourth-order valence-electron chi connectivity index (χ4n) is 3.34. The third-order valence-corrected chi connectivity index (χ3v) is 5.92. The van der Waals surface area contributed by atoms with E-state index in [0.29, 0.717) is 12.4 Å². The van der Waals surface area contributed by atoms with Gasteiger partial charge in [-0.3, -0.25) is 9.69 Å². The maximum absolute atomic E-state index is 12.6. The average molecular weight is 430 g/mol. The minimum absolute atomic E-state index is 0.0430. The number of carbonyl (C=O) groups is 1. The van der Waals surface area contributed by atoms with Crippen molar-refractivity contribution in [2.45, 2.75) is 33.2 Å². The molecule has 1 amide bonds. The Labute approximate surface area is 183 Å². The number of rotatable bonds is 9. The van der Waals surface area contributed by atoms with E-state index in [9.17, 15) is 4.79 Å². The third kappa shape index (κ3) is 6.31. The fourth-order valence-corrected chi connectivity index (χ4v) is 3.95. The number of unbranched alkanes of at least 4 members (excludes halogenated alkanes) is 1. The lowest BCUT2D eigenvalue weighted by molar-refractivity contribution is -0.127. The SMILES string of the molecule is CCCCOc1ccc(/C=C/C(=O)N2CCN(Cc3csc(C)n3)CC2)cc1OC. The molecule has 7 heteroatoms. The summed E-state index contributed by atoms with van der Waals surface area (Å²) in [6.07, 6.45) is 5.58. The van der Waals surface area contributed by atoms with Gasteiger partial charge in [0.2, 0.25) is 5.91 Å². The van der Waals surface area contributed by atoms with Gasteiger partial charge in [-0.2, -0.15) is 0 Å². The molecular weight excluding hydrogens is 398 g/mol. The number of nitrogens with zero attached hydrogens (tertiary/aromatic N) is 3. The van der Waals surface area contributed by atoms with Crippen LogP contribution in [0.5, 0.6) is 11.5 Å². The Hall–Kier alpha value is -2.38. The second kappa shape index (κ2) is 11.1. The minimum atomic E-state index is 0.0430. The maximum Gasteiger partial charge on any atom is 0.246 e. The first-order chi connectivity index (χ1) is 14.6. The highest BCUT2D eigenvalue weighted by atomic mass is 32.1. The van der Waals surface area contributed by atoms with Crippen LogP contribution in [0.4, 0.5) is 0 Å². The van der Waals surface area contributed by atoms with Gasteiger partial charge in [0.05, 0.1) is 24.4 Å². The van der Waals surface area contributed by atoms with E-state index in [0.717, 1.165) is 67.6 Å². The molecule has 30 heavy (non-hydrogen) atoms. The molecule has 0 aliphatic carbocycles. The second-order valence-electron chi connectivity index (χ2n) is 7.40. The molecule has 1 aromatic heterocycles. The highest BCUT2D eigenvalue weighted by molar-refractivity contribution is 7.09. The zero-order chi connectivity index (χ0) is 21.3. The number of carbonyl (C=O) groups excluding carboxylic acids is 1. The van der Waals surface area contributed by atoms with Gasteiger partial charge in [-0.25, -0.2) is 4.98 Å². The van der Waals surface area contributed by atoms with Crippen molar-refractivity contribution in [3.05, 3.63) is 45.9 Å². The number of hydrogen-bond donors (Lipinski definition) is 0. The normalized spacial score (nSPS) is 15.0. The number of thiazole rings is 1. The molecule has 0 unspecified atom stereocenters. The van der Waals surface area contributed by atoms with Crippen LogP contribution in [0.3, 0.4) is 0 Å². The molecule has 2 aromatic rings. The lowest BCUT2D eigenvalue weighted by atomic mass is 10.1. The predicted molar refractivity (Wildman–Crippen MR) is 121 cm³/mol. The van der Waals surface area contributed by atoms with E-state index < -0.39 is 0 Å². The van der Waals surface area contributed by atoms with Crippen molar-refractivity contribution in [1.29, 1.82) is 0 Å². The Morgan fingerprint density at radius 1 is 1.23 bits per heavy atom. The molecule has 1 fully saturated rings. The number of piperazine rings is 1. The molecule has 3 rings (SSSR count). The van der Waals surface area contributed by atoms with E-state index in [1.807, 2.05) is 36.1 Å². The summed E-state index contributed by atoms with van der Waals surface area (Å²) in [5, 5.41) is 3.21. The maximum atomic E-state index is 12.6. The highest BCUT2D eigenvalue weighted by Gasteiger charge is 2.20. The minimum Gasteiger partial charge on any atom is -0.493 e. The average Bonchev–Trinajstić information content (AvgIpc) is 3.17. The Balaban J connectivity index is 1.50.